The normalized spacial score (nSPS) is 17.1. The standard InChI is InChI=1S/C10H22N4/c1-12(2)7-5-6-11-10-13(3)8-9-14(10)4/h5-9H2,1-4H3. The molecule has 0 aromatic carbocycles. The second-order valence-corrected chi connectivity index (χ2v) is 4.18. The molecule has 0 atom stereocenters. The van der Waals surface area contributed by atoms with E-state index in [1.54, 1.807) is 0 Å². The average molecular weight is 198 g/mol. The number of hydrogen-bond acceptors (Lipinski definition) is 2. The summed E-state index contributed by atoms with van der Waals surface area (Å²) in [6.45, 7) is 4.25. The zero-order chi connectivity index (χ0) is 10.6. The Morgan fingerprint density at radius 3 is 2.29 bits per heavy atom. The van der Waals surface area contributed by atoms with Gasteiger partial charge in [0.2, 0.25) is 0 Å². The molecule has 82 valence electrons. The highest BCUT2D eigenvalue weighted by atomic mass is 15.4. The first kappa shape index (κ1) is 11.3. The van der Waals surface area contributed by atoms with Gasteiger partial charge < -0.3 is 14.7 Å². The average Bonchev–Trinajstić information content (AvgIpc) is 2.42. The van der Waals surface area contributed by atoms with Gasteiger partial charge in [0, 0.05) is 33.7 Å². The molecule has 0 radical (unpaired) electrons. The van der Waals surface area contributed by atoms with Crippen LogP contribution in [0.1, 0.15) is 6.42 Å². The monoisotopic (exact) mass is 198 g/mol. The minimum absolute atomic E-state index is 0.933. The lowest BCUT2D eigenvalue weighted by Gasteiger charge is -2.16. The summed E-state index contributed by atoms with van der Waals surface area (Å²) in [6.07, 6.45) is 1.14. The molecule has 14 heavy (non-hydrogen) atoms. The van der Waals surface area contributed by atoms with Crippen molar-refractivity contribution in [3.63, 3.8) is 0 Å². The molecule has 1 heterocycles. The van der Waals surface area contributed by atoms with E-state index in [4.69, 9.17) is 0 Å². The molecule has 0 amide bonds. The summed E-state index contributed by atoms with van der Waals surface area (Å²) in [5.41, 5.74) is 0. The molecule has 0 aromatic rings. The fourth-order valence-electron chi connectivity index (χ4n) is 1.60. The van der Waals surface area contributed by atoms with E-state index in [1.165, 1.54) is 0 Å². The molecule has 4 heteroatoms. The van der Waals surface area contributed by atoms with Crippen LogP contribution in [0.5, 0.6) is 0 Å². The molecule has 0 saturated carbocycles. The quantitative estimate of drug-likeness (QED) is 0.601. The first-order chi connectivity index (χ1) is 6.61. The van der Waals surface area contributed by atoms with E-state index in [1.807, 2.05) is 0 Å². The van der Waals surface area contributed by atoms with Gasteiger partial charge in [-0.1, -0.05) is 0 Å². The van der Waals surface area contributed by atoms with E-state index < -0.39 is 0 Å². The highest BCUT2D eigenvalue weighted by Crippen LogP contribution is 2.03. The third-order valence-corrected chi connectivity index (χ3v) is 2.47. The van der Waals surface area contributed by atoms with Crippen molar-refractivity contribution in [3.8, 4) is 0 Å². The predicted octanol–water partition coefficient (Wildman–Crippen LogP) is 0.171. The maximum atomic E-state index is 4.60. The van der Waals surface area contributed by atoms with Crippen molar-refractivity contribution in [1.82, 2.24) is 14.7 Å². The van der Waals surface area contributed by atoms with Gasteiger partial charge in [0.25, 0.3) is 0 Å². The highest BCUT2D eigenvalue weighted by molar-refractivity contribution is 5.81. The predicted molar refractivity (Wildman–Crippen MR) is 60.7 cm³/mol. The van der Waals surface area contributed by atoms with Crippen molar-refractivity contribution < 1.29 is 0 Å². The number of guanidine groups is 1. The number of hydrogen-bond donors (Lipinski definition) is 0. The van der Waals surface area contributed by atoms with Crippen LogP contribution in [-0.4, -0.2) is 75.0 Å². The number of aliphatic imine (C=N–C) groups is 1. The molecule has 0 aromatic heterocycles. The zero-order valence-corrected chi connectivity index (χ0v) is 9.82. The smallest absolute Gasteiger partial charge is 0.196 e. The summed E-state index contributed by atoms with van der Waals surface area (Å²) in [5, 5.41) is 0. The van der Waals surface area contributed by atoms with Crippen LogP contribution in [0.15, 0.2) is 4.99 Å². The maximum absolute atomic E-state index is 4.60. The lowest BCUT2D eigenvalue weighted by molar-refractivity contribution is 0.402. The lowest BCUT2D eigenvalue weighted by Crippen LogP contribution is -2.28. The van der Waals surface area contributed by atoms with Gasteiger partial charge in [0.15, 0.2) is 5.96 Å². The van der Waals surface area contributed by atoms with Crippen LogP contribution in [0.2, 0.25) is 0 Å². The largest absolute Gasteiger partial charge is 0.344 e. The first-order valence-corrected chi connectivity index (χ1v) is 5.22. The lowest BCUT2D eigenvalue weighted by atomic mass is 10.4. The molecule has 1 fully saturated rings. The molecule has 0 bridgehead atoms. The van der Waals surface area contributed by atoms with E-state index in [0.717, 1.165) is 38.6 Å². The van der Waals surface area contributed by atoms with Gasteiger partial charge in [-0.2, -0.15) is 0 Å². The van der Waals surface area contributed by atoms with Crippen LogP contribution in [-0.2, 0) is 0 Å². The topological polar surface area (TPSA) is 22.1 Å². The molecule has 0 spiro atoms. The Bertz CT molecular complexity index is 188. The summed E-state index contributed by atoms with van der Waals surface area (Å²) in [6, 6.07) is 0. The van der Waals surface area contributed by atoms with Gasteiger partial charge in [-0.3, -0.25) is 4.99 Å². The summed E-state index contributed by atoms with van der Waals surface area (Å²) >= 11 is 0. The highest BCUT2D eigenvalue weighted by Gasteiger charge is 2.18. The van der Waals surface area contributed by atoms with E-state index in [-0.39, 0.29) is 0 Å². The number of likely N-dealkylation sites (N-methyl/N-ethyl adjacent to an activating group) is 2. The molecular weight excluding hydrogens is 176 g/mol. The Morgan fingerprint density at radius 2 is 1.79 bits per heavy atom. The molecule has 1 saturated heterocycles. The van der Waals surface area contributed by atoms with Crippen molar-refractivity contribution in [3.05, 3.63) is 0 Å². The fourth-order valence-corrected chi connectivity index (χ4v) is 1.60. The summed E-state index contributed by atoms with van der Waals surface area (Å²) in [7, 11) is 8.41. The van der Waals surface area contributed by atoms with Crippen molar-refractivity contribution in [2.24, 2.45) is 4.99 Å². The van der Waals surface area contributed by atoms with Crippen molar-refractivity contribution in [2.75, 3.05) is 54.4 Å². The molecule has 0 aliphatic carbocycles. The summed E-state index contributed by atoms with van der Waals surface area (Å²) < 4.78 is 0. The van der Waals surface area contributed by atoms with Crippen LogP contribution < -0.4 is 0 Å². The Morgan fingerprint density at radius 1 is 1.21 bits per heavy atom. The molecule has 1 aliphatic rings. The Kier molecular flexibility index (Phi) is 4.20. The number of rotatable bonds is 4. The SMILES string of the molecule is CN(C)CCCN=C1N(C)CCN1C. The van der Waals surface area contributed by atoms with Gasteiger partial charge in [0.05, 0.1) is 0 Å². The molecular formula is C10H22N4. The van der Waals surface area contributed by atoms with Crippen molar-refractivity contribution >= 4 is 5.96 Å². The van der Waals surface area contributed by atoms with Gasteiger partial charge in [-0.15, -0.1) is 0 Å². The number of nitrogens with zero attached hydrogens (tertiary/aromatic N) is 4. The molecule has 0 unspecified atom stereocenters. The van der Waals surface area contributed by atoms with E-state index in [0.29, 0.717) is 0 Å². The van der Waals surface area contributed by atoms with Gasteiger partial charge in [-0.25, -0.2) is 0 Å². The van der Waals surface area contributed by atoms with E-state index >= 15 is 0 Å². The van der Waals surface area contributed by atoms with Gasteiger partial charge in [0.1, 0.15) is 0 Å². The van der Waals surface area contributed by atoms with Crippen molar-refractivity contribution in [1.29, 1.82) is 0 Å². The maximum Gasteiger partial charge on any atom is 0.196 e. The molecule has 4 nitrogen and oxygen atoms in total. The molecule has 1 aliphatic heterocycles. The second-order valence-electron chi connectivity index (χ2n) is 4.18. The molecule has 0 N–H and O–H groups in total. The van der Waals surface area contributed by atoms with Crippen LogP contribution >= 0.6 is 0 Å². The Labute approximate surface area is 87.2 Å². The Hall–Kier alpha value is -0.770. The third-order valence-electron chi connectivity index (χ3n) is 2.47. The zero-order valence-electron chi connectivity index (χ0n) is 9.82. The van der Waals surface area contributed by atoms with Gasteiger partial charge >= 0.3 is 0 Å². The molecule has 1 rings (SSSR count). The minimum Gasteiger partial charge on any atom is -0.344 e. The first-order valence-electron chi connectivity index (χ1n) is 5.22. The van der Waals surface area contributed by atoms with E-state index in [2.05, 4.69) is 47.9 Å². The third kappa shape index (κ3) is 3.18. The fraction of sp³-hybridized carbons (Fsp3) is 0.900. The second kappa shape index (κ2) is 5.20. The van der Waals surface area contributed by atoms with Crippen LogP contribution in [0, 0.1) is 0 Å². The van der Waals surface area contributed by atoms with Crippen LogP contribution in [0.4, 0.5) is 0 Å². The van der Waals surface area contributed by atoms with Crippen molar-refractivity contribution in [2.45, 2.75) is 6.42 Å². The minimum atomic E-state index is 0.933. The summed E-state index contributed by atoms with van der Waals surface area (Å²) in [5.74, 6) is 1.14. The van der Waals surface area contributed by atoms with Gasteiger partial charge in [-0.05, 0) is 27.1 Å². The Balaban J connectivity index is 2.29. The summed E-state index contributed by atoms with van der Waals surface area (Å²) in [4.78, 5) is 11.2. The van der Waals surface area contributed by atoms with Crippen LogP contribution in [0.3, 0.4) is 0 Å². The van der Waals surface area contributed by atoms with E-state index in [9.17, 15) is 0 Å². The van der Waals surface area contributed by atoms with Crippen LogP contribution in [0.25, 0.3) is 0 Å².